The predicted molar refractivity (Wildman–Crippen MR) is 79.9 cm³/mol. The van der Waals surface area contributed by atoms with Crippen molar-refractivity contribution in [2.45, 2.75) is 38.1 Å². The molecule has 0 aromatic heterocycles. The van der Waals surface area contributed by atoms with Crippen molar-refractivity contribution in [3.63, 3.8) is 0 Å². The highest BCUT2D eigenvalue weighted by atomic mass is 32.2. The summed E-state index contributed by atoms with van der Waals surface area (Å²) in [5, 5.41) is 0. The molecule has 118 valence electrons. The number of nitrogens with two attached hydrogens (primary N) is 2. The smallest absolute Gasteiger partial charge is 0.218 e. The van der Waals surface area contributed by atoms with Crippen LogP contribution in [0.2, 0.25) is 0 Å². The van der Waals surface area contributed by atoms with Crippen LogP contribution in [0.5, 0.6) is 0 Å². The van der Waals surface area contributed by atoms with Crippen LogP contribution in [0.15, 0.2) is 0 Å². The van der Waals surface area contributed by atoms with Crippen molar-refractivity contribution >= 4 is 15.7 Å². The summed E-state index contributed by atoms with van der Waals surface area (Å²) in [6.45, 7) is 1.14. The van der Waals surface area contributed by atoms with E-state index >= 15 is 0 Å². The van der Waals surface area contributed by atoms with E-state index in [-0.39, 0.29) is 17.9 Å². The van der Waals surface area contributed by atoms with Gasteiger partial charge in [0.25, 0.3) is 0 Å². The van der Waals surface area contributed by atoms with Gasteiger partial charge < -0.3 is 16.4 Å². The largest absolute Gasteiger partial charge is 0.370 e. The van der Waals surface area contributed by atoms with E-state index in [4.69, 9.17) is 11.5 Å². The minimum absolute atomic E-state index is 0.0740. The van der Waals surface area contributed by atoms with E-state index in [1.807, 2.05) is 7.05 Å². The number of carbonyl (C=O) groups is 1. The number of carbonyl (C=O) groups excluding carboxylic acids is 1. The summed E-state index contributed by atoms with van der Waals surface area (Å²) in [4.78, 5) is 12.8. The Morgan fingerprint density at radius 2 is 1.90 bits per heavy atom. The third kappa shape index (κ3) is 5.76. The molecule has 1 aliphatic carbocycles. The first-order chi connectivity index (χ1) is 9.35. The number of nitrogens with zero attached hydrogens (tertiary/aromatic N) is 1. The predicted octanol–water partition coefficient (Wildman–Crippen LogP) is -0.274. The maximum absolute atomic E-state index is 11.8. The highest BCUT2D eigenvalue weighted by Gasteiger charge is 2.27. The monoisotopic (exact) mass is 305 g/mol. The number of hydrogen-bond acceptors (Lipinski definition) is 5. The van der Waals surface area contributed by atoms with Crippen molar-refractivity contribution in [3.8, 4) is 0 Å². The third-order valence-electron chi connectivity index (χ3n) is 4.15. The van der Waals surface area contributed by atoms with Crippen LogP contribution in [0.25, 0.3) is 0 Å². The van der Waals surface area contributed by atoms with Gasteiger partial charge in [-0.25, -0.2) is 8.42 Å². The first-order valence-electron chi connectivity index (χ1n) is 7.25. The summed E-state index contributed by atoms with van der Waals surface area (Å²) >= 11 is 0. The molecule has 6 nitrogen and oxygen atoms in total. The van der Waals surface area contributed by atoms with E-state index in [1.165, 1.54) is 12.8 Å². The third-order valence-corrected chi connectivity index (χ3v) is 5.78. The van der Waals surface area contributed by atoms with E-state index in [1.54, 1.807) is 0 Å². The van der Waals surface area contributed by atoms with E-state index < -0.39 is 15.7 Å². The van der Waals surface area contributed by atoms with E-state index in [9.17, 15) is 13.2 Å². The van der Waals surface area contributed by atoms with Crippen LogP contribution in [0.1, 0.15) is 32.1 Å². The van der Waals surface area contributed by atoms with Crippen LogP contribution < -0.4 is 11.5 Å². The lowest BCUT2D eigenvalue weighted by molar-refractivity contribution is -0.117. The molecule has 0 aromatic rings. The molecule has 0 spiro atoms. The normalized spacial score (nSPS) is 23.9. The van der Waals surface area contributed by atoms with Crippen molar-refractivity contribution in [3.05, 3.63) is 0 Å². The van der Waals surface area contributed by atoms with Gasteiger partial charge in [-0.15, -0.1) is 0 Å². The van der Waals surface area contributed by atoms with Gasteiger partial charge in [0.2, 0.25) is 5.91 Å². The first-order valence-corrected chi connectivity index (χ1v) is 9.07. The highest BCUT2D eigenvalue weighted by Crippen LogP contribution is 2.27. The van der Waals surface area contributed by atoms with Crippen LogP contribution in [0, 0.1) is 5.92 Å². The van der Waals surface area contributed by atoms with Crippen LogP contribution in [-0.4, -0.2) is 56.9 Å². The Kier molecular flexibility index (Phi) is 6.91. The summed E-state index contributed by atoms with van der Waals surface area (Å²) in [6, 6.07) is 0.375. The Morgan fingerprint density at radius 1 is 1.25 bits per heavy atom. The lowest BCUT2D eigenvalue weighted by Crippen LogP contribution is -2.44. The molecule has 20 heavy (non-hydrogen) atoms. The van der Waals surface area contributed by atoms with Gasteiger partial charge in [-0.05, 0) is 32.4 Å². The summed E-state index contributed by atoms with van der Waals surface area (Å²) < 4.78 is 23.6. The molecule has 4 N–H and O–H groups in total. The molecule has 0 bridgehead atoms. The molecule has 0 aliphatic heterocycles. The number of amides is 1. The van der Waals surface area contributed by atoms with Gasteiger partial charge >= 0.3 is 0 Å². The molecule has 0 aromatic carbocycles. The fourth-order valence-electron chi connectivity index (χ4n) is 2.85. The highest BCUT2D eigenvalue weighted by molar-refractivity contribution is 7.91. The van der Waals surface area contributed by atoms with Crippen molar-refractivity contribution in [1.29, 1.82) is 0 Å². The second-order valence-electron chi connectivity index (χ2n) is 5.70. The molecule has 0 saturated heterocycles. The van der Waals surface area contributed by atoms with Crippen LogP contribution >= 0.6 is 0 Å². The molecule has 1 rings (SSSR count). The Labute approximate surface area is 121 Å². The van der Waals surface area contributed by atoms with Crippen molar-refractivity contribution in [2.75, 3.05) is 31.6 Å². The number of sulfone groups is 1. The molecule has 1 fully saturated rings. The summed E-state index contributed by atoms with van der Waals surface area (Å²) in [6.07, 6.45) is 4.50. The average Bonchev–Trinajstić information content (AvgIpc) is 2.43. The number of rotatable bonds is 8. The lowest BCUT2D eigenvalue weighted by Gasteiger charge is -2.37. The van der Waals surface area contributed by atoms with Gasteiger partial charge in [0.1, 0.15) is 0 Å². The lowest BCUT2D eigenvalue weighted by atomic mass is 9.84. The van der Waals surface area contributed by atoms with Gasteiger partial charge in [0.05, 0.1) is 11.5 Å². The fraction of sp³-hybridized carbons (Fsp3) is 0.923. The summed E-state index contributed by atoms with van der Waals surface area (Å²) in [7, 11) is -1.25. The zero-order valence-corrected chi connectivity index (χ0v) is 13.1. The van der Waals surface area contributed by atoms with Gasteiger partial charge in [-0.3, -0.25) is 4.79 Å². The molecule has 0 radical (unpaired) electrons. The quantitative estimate of drug-likeness (QED) is 0.642. The van der Waals surface area contributed by atoms with Gasteiger partial charge in [-0.1, -0.05) is 12.8 Å². The molecular formula is C13H27N3O3S. The summed E-state index contributed by atoms with van der Waals surface area (Å²) in [5.41, 5.74) is 10.8. The SMILES string of the molecule is CN(CCS(=O)(=O)CCC(N)=O)C1CCCCC1CN. The van der Waals surface area contributed by atoms with Crippen LogP contribution in [-0.2, 0) is 14.6 Å². The van der Waals surface area contributed by atoms with Crippen LogP contribution in [0.3, 0.4) is 0 Å². The Bertz CT molecular complexity index is 411. The molecular weight excluding hydrogens is 278 g/mol. The fourth-order valence-corrected chi connectivity index (χ4v) is 4.13. The molecule has 2 unspecified atom stereocenters. The minimum Gasteiger partial charge on any atom is -0.370 e. The van der Waals surface area contributed by atoms with E-state index in [2.05, 4.69) is 4.90 Å². The Morgan fingerprint density at radius 3 is 2.50 bits per heavy atom. The van der Waals surface area contributed by atoms with Crippen molar-refractivity contribution < 1.29 is 13.2 Å². The maximum atomic E-state index is 11.8. The van der Waals surface area contributed by atoms with Crippen molar-refractivity contribution in [2.24, 2.45) is 17.4 Å². The van der Waals surface area contributed by atoms with Gasteiger partial charge in [0.15, 0.2) is 9.84 Å². The standard InChI is InChI=1S/C13H27N3O3S/c1-16(12-5-3-2-4-11(12)10-14)7-9-20(18,19)8-6-13(15)17/h11-12H,2-10,14H2,1H3,(H2,15,17). The van der Waals surface area contributed by atoms with Gasteiger partial charge in [-0.2, -0.15) is 0 Å². The van der Waals surface area contributed by atoms with E-state index in [0.717, 1.165) is 12.8 Å². The minimum atomic E-state index is -3.21. The maximum Gasteiger partial charge on any atom is 0.218 e. The molecule has 1 aliphatic rings. The molecule has 1 amide bonds. The summed E-state index contributed by atoms with van der Waals surface area (Å²) in [5.74, 6) is -0.189. The second-order valence-corrected chi connectivity index (χ2v) is 8.00. The Hall–Kier alpha value is -0.660. The Balaban J connectivity index is 2.45. The molecule has 2 atom stereocenters. The average molecular weight is 305 g/mol. The molecule has 7 heteroatoms. The topological polar surface area (TPSA) is 106 Å². The number of primary amides is 1. The first kappa shape index (κ1) is 17.4. The molecule has 1 saturated carbocycles. The van der Waals surface area contributed by atoms with E-state index in [0.29, 0.717) is 25.0 Å². The second kappa shape index (κ2) is 7.95. The molecule has 0 heterocycles. The van der Waals surface area contributed by atoms with Crippen molar-refractivity contribution in [1.82, 2.24) is 4.90 Å². The number of hydrogen-bond donors (Lipinski definition) is 2. The van der Waals surface area contributed by atoms with Crippen LogP contribution in [0.4, 0.5) is 0 Å². The zero-order valence-electron chi connectivity index (χ0n) is 12.3. The zero-order chi connectivity index (χ0) is 15.2. The van der Waals surface area contributed by atoms with Gasteiger partial charge in [0, 0.05) is 19.0 Å².